The number of esters is 1. The zero-order valence-electron chi connectivity index (χ0n) is 26.2. The van der Waals surface area contributed by atoms with Crippen LogP contribution in [0.25, 0.3) is 0 Å². The molecule has 0 aromatic rings. The Morgan fingerprint density at radius 3 is 2.23 bits per heavy atom. The molecule has 11 heteroatoms. The van der Waals surface area contributed by atoms with E-state index in [4.69, 9.17) is 13.9 Å². The van der Waals surface area contributed by atoms with Crippen LogP contribution in [0.3, 0.4) is 0 Å². The quantitative estimate of drug-likeness (QED) is 0.174. The van der Waals surface area contributed by atoms with Gasteiger partial charge in [0.15, 0.2) is 8.32 Å². The van der Waals surface area contributed by atoms with E-state index in [-0.39, 0.29) is 34.7 Å². The van der Waals surface area contributed by atoms with Crippen LogP contribution in [0, 0.1) is 5.41 Å². The standard InChI is InChI=1S/C28H50N2O6SSi2/c1-19(36-39(12,13)27(5,6)7)28(8)23(32)30-21(22(31)34-17-18-38(9,10)11)20(37-24(28)30)15-14-16-29-25(33)35-26(2,3)4/h14-15,19,24H,16-18H2,1-13H3,(H,29,33)/b15-14+/t19-,24-,28+/m1/s1. The second-order valence-corrected chi connectivity index (χ2v) is 25.9. The van der Waals surface area contributed by atoms with Crippen LogP contribution in [0.4, 0.5) is 4.79 Å². The average Bonchev–Trinajstić information content (AvgIpc) is 3.09. The summed E-state index contributed by atoms with van der Waals surface area (Å²) >= 11 is 1.47. The van der Waals surface area contributed by atoms with E-state index in [0.29, 0.717) is 11.5 Å². The number of ether oxygens (including phenoxy) is 2. The number of carbonyl (C=O) groups is 3. The zero-order valence-corrected chi connectivity index (χ0v) is 29.1. The highest BCUT2D eigenvalue weighted by Gasteiger charge is 2.66. The second-order valence-electron chi connectivity index (χ2n) is 14.4. The molecule has 8 nitrogen and oxygen atoms in total. The van der Waals surface area contributed by atoms with Gasteiger partial charge in [0.25, 0.3) is 0 Å². The highest BCUT2D eigenvalue weighted by molar-refractivity contribution is 8.04. The van der Waals surface area contributed by atoms with Crippen LogP contribution < -0.4 is 5.32 Å². The molecule has 222 valence electrons. The molecule has 2 heterocycles. The molecule has 0 saturated carbocycles. The molecule has 0 unspecified atom stereocenters. The first-order valence-electron chi connectivity index (χ1n) is 13.7. The van der Waals surface area contributed by atoms with Crippen LogP contribution in [0.1, 0.15) is 55.4 Å². The minimum atomic E-state index is -2.13. The number of nitrogens with one attached hydrogen (secondary N) is 1. The second kappa shape index (κ2) is 11.7. The summed E-state index contributed by atoms with van der Waals surface area (Å²) in [6.07, 6.45) is 2.70. The number of alkyl carbamates (subject to hydrolysis) is 1. The van der Waals surface area contributed by atoms with Crippen LogP contribution in [-0.4, -0.2) is 69.5 Å². The molecule has 0 aromatic heterocycles. The van der Waals surface area contributed by atoms with Crippen molar-refractivity contribution < 1.29 is 28.3 Å². The van der Waals surface area contributed by atoms with E-state index < -0.39 is 39.5 Å². The molecule has 0 aliphatic carbocycles. The third-order valence-electron chi connectivity index (χ3n) is 7.57. The number of β-lactam (4-membered cyclic amide) rings is 1. The van der Waals surface area contributed by atoms with E-state index in [9.17, 15) is 14.4 Å². The Morgan fingerprint density at radius 2 is 1.72 bits per heavy atom. The van der Waals surface area contributed by atoms with Crippen molar-refractivity contribution in [2.24, 2.45) is 5.41 Å². The van der Waals surface area contributed by atoms with Gasteiger partial charge in [-0.2, -0.15) is 0 Å². The van der Waals surface area contributed by atoms with Gasteiger partial charge < -0.3 is 19.2 Å². The van der Waals surface area contributed by atoms with Gasteiger partial charge in [-0.1, -0.05) is 58.3 Å². The fourth-order valence-electron chi connectivity index (χ4n) is 3.94. The minimum absolute atomic E-state index is 0.00550. The van der Waals surface area contributed by atoms with Crippen molar-refractivity contribution in [2.75, 3.05) is 13.2 Å². The first-order chi connectivity index (χ1) is 17.5. The number of fused-ring (bicyclic) bond motifs is 1. The molecule has 2 aliphatic rings. The Hall–Kier alpha value is -1.57. The minimum Gasteiger partial charge on any atom is -0.461 e. The van der Waals surface area contributed by atoms with E-state index in [1.807, 2.05) is 13.8 Å². The van der Waals surface area contributed by atoms with Crippen LogP contribution in [0.2, 0.25) is 43.8 Å². The summed E-state index contributed by atoms with van der Waals surface area (Å²) in [5.41, 5.74) is -1.10. The molecule has 0 spiro atoms. The monoisotopic (exact) mass is 598 g/mol. The van der Waals surface area contributed by atoms with Crippen molar-refractivity contribution in [1.29, 1.82) is 0 Å². The maximum atomic E-state index is 13.7. The van der Waals surface area contributed by atoms with E-state index in [1.165, 1.54) is 11.8 Å². The number of nitrogens with zero attached hydrogens (tertiary/aromatic N) is 1. The summed E-state index contributed by atoms with van der Waals surface area (Å²) in [4.78, 5) is 41.2. The predicted molar refractivity (Wildman–Crippen MR) is 164 cm³/mol. The van der Waals surface area contributed by atoms with E-state index in [0.717, 1.165) is 6.04 Å². The average molecular weight is 599 g/mol. The number of hydrogen-bond donors (Lipinski definition) is 1. The molecular formula is C28H50N2O6SSi2. The molecule has 1 saturated heterocycles. The fourth-order valence-corrected chi connectivity index (χ4v) is 7.69. The molecule has 2 rings (SSSR count). The van der Waals surface area contributed by atoms with Crippen LogP contribution in [0.15, 0.2) is 22.8 Å². The van der Waals surface area contributed by atoms with Gasteiger partial charge in [-0.15, -0.1) is 0 Å². The molecule has 0 radical (unpaired) electrons. The van der Waals surface area contributed by atoms with Crippen molar-refractivity contribution in [3.63, 3.8) is 0 Å². The highest BCUT2D eigenvalue weighted by atomic mass is 32.2. The van der Waals surface area contributed by atoms with Crippen molar-refractivity contribution in [3.8, 4) is 0 Å². The smallest absolute Gasteiger partial charge is 0.407 e. The summed E-state index contributed by atoms with van der Waals surface area (Å²) in [5, 5.41) is 2.42. The fraction of sp³-hybridized carbons (Fsp3) is 0.750. The van der Waals surface area contributed by atoms with Gasteiger partial charge in [-0.25, -0.2) is 9.59 Å². The number of allylic oxidation sites excluding steroid dienone is 1. The molecule has 2 aliphatic heterocycles. The Kier molecular flexibility index (Phi) is 10.1. The lowest BCUT2D eigenvalue weighted by atomic mass is 9.75. The number of thioether (sulfide) groups is 1. The predicted octanol–water partition coefficient (Wildman–Crippen LogP) is 6.49. The third-order valence-corrected chi connectivity index (χ3v) is 15.3. The van der Waals surface area contributed by atoms with Crippen LogP contribution >= 0.6 is 11.8 Å². The third kappa shape index (κ3) is 8.01. The van der Waals surface area contributed by atoms with Crippen molar-refractivity contribution in [1.82, 2.24) is 10.2 Å². The summed E-state index contributed by atoms with van der Waals surface area (Å²) < 4.78 is 17.6. The van der Waals surface area contributed by atoms with E-state index >= 15 is 0 Å². The largest absolute Gasteiger partial charge is 0.461 e. The molecule has 1 fully saturated rings. The molecule has 3 atom stereocenters. The molecule has 2 amide bonds. The normalized spacial score (nSPS) is 23.1. The highest BCUT2D eigenvalue weighted by Crippen LogP contribution is 2.58. The summed E-state index contributed by atoms with van der Waals surface area (Å²) in [5.74, 6) is -0.616. The first-order valence-corrected chi connectivity index (χ1v) is 21.2. The molecule has 39 heavy (non-hydrogen) atoms. The Balaban J connectivity index is 2.26. The number of amides is 2. The Labute approximate surface area is 241 Å². The Morgan fingerprint density at radius 1 is 1.13 bits per heavy atom. The SMILES string of the molecule is C[C@@H](O[Si](C)(C)C(C)(C)C)[C@@]1(C)C(=O)N2C(C(=O)OCC[Si](C)(C)C)=C(/C=C/CNC(=O)OC(C)(C)C)S[C@@H]21. The number of hydrogen-bond acceptors (Lipinski definition) is 7. The lowest BCUT2D eigenvalue weighted by Gasteiger charge is -2.55. The van der Waals surface area contributed by atoms with Gasteiger partial charge in [-0.05, 0) is 64.9 Å². The van der Waals surface area contributed by atoms with Gasteiger partial charge in [0, 0.05) is 19.5 Å². The van der Waals surface area contributed by atoms with Gasteiger partial charge in [0.05, 0.1) is 12.7 Å². The summed E-state index contributed by atoms with van der Waals surface area (Å²) in [6.45, 7) is 27.4. The molecule has 1 N–H and O–H groups in total. The topological polar surface area (TPSA) is 94.2 Å². The number of carbonyl (C=O) groups excluding carboxylic acids is 3. The summed E-state index contributed by atoms with van der Waals surface area (Å²) in [7, 11) is -3.53. The lowest BCUT2D eigenvalue weighted by Crippen LogP contribution is -2.69. The van der Waals surface area contributed by atoms with Gasteiger partial charge in [0.1, 0.15) is 22.1 Å². The lowest BCUT2D eigenvalue weighted by molar-refractivity contribution is -0.170. The summed E-state index contributed by atoms with van der Waals surface area (Å²) in [6, 6.07) is 0.844. The zero-order chi connectivity index (χ0) is 30.2. The van der Waals surface area contributed by atoms with Crippen molar-refractivity contribution >= 4 is 46.1 Å². The Bertz CT molecular complexity index is 1020. The first kappa shape index (κ1) is 33.6. The van der Waals surface area contributed by atoms with Gasteiger partial charge in [0.2, 0.25) is 5.91 Å². The molecule has 0 bridgehead atoms. The van der Waals surface area contributed by atoms with Crippen LogP contribution in [-0.2, 0) is 23.5 Å². The van der Waals surface area contributed by atoms with E-state index in [1.54, 1.807) is 37.8 Å². The molecule has 0 aromatic carbocycles. The van der Waals surface area contributed by atoms with Gasteiger partial charge >= 0.3 is 12.1 Å². The van der Waals surface area contributed by atoms with E-state index in [2.05, 4.69) is 58.8 Å². The maximum absolute atomic E-state index is 13.7. The van der Waals surface area contributed by atoms with Crippen molar-refractivity contribution in [3.05, 3.63) is 22.8 Å². The van der Waals surface area contributed by atoms with Crippen molar-refractivity contribution in [2.45, 2.75) is 116 Å². The number of rotatable bonds is 10. The van der Waals surface area contributed by atoms with Crippen LogP contribution in [0.5, 0.6) is 0 Å². The molecular weight excluding hydrogens is 549 g/mol. The van der Waals surface area contributed by atoms with Gasteiger partial charge in [-0.3, -0.25) is 9.69 Å². The maximum Gasteiger partial charge on any atom is 0.407 e.